The van der Waals surface area contributed by atoms with Crippen molar-refractivity contribution in [1.82, 2.24) is 14.8 Å². The summed E-state index contributed by atoms with van der Waals surface area (Å²) in [4.78, 5) is 14.4. The van der Waals surface area contributed by atoms with Crippen LogP contribution in [-0.4, -0.2) is 19.7 Å². The molecule has 0 radical (unpaired) electrons. The molecule has 0 aliphatic heterocycles. The van der Waals surface area contributed by atoms with Crippen LogP contribution in [0.2, 0.25) is 0 Å². The van der Waals surface area contributed by atoms with Gasteiger partial charge in [-0.15, -0.1) is 5.10 Å². The molecule has 7 heteroatoms. The fourth-order valence-electron chi connectivity index (χ4n) is 1.41. The molecule has 1 N–H and O–H groups in total. The molecular weight excluding hydrogens is 222 g/mol. The van der Waals surface area contributed by atoms with E-state index in [0.717, 1.165) is 5.69 Å². The quantitative estimate of drug-likeness (QED) is 0.636. The number of aromatic nitrogens is 3. The highest BCUT2D eigenvalue weighted by molar-refractivity contribution is 5.54. The monoisotopic (exact) mass is 233 g/mol. The second-order valence-electron chi connectivity index (χ2n) is 3.47. The lowest BCUT2D eigenvalue weighted by Crippen LogP contribution is -2.03. The Morgan fingerprint density at radius 2 is 2.35 bits per heavy atom. The van der Waals surface area contributed by atoms with Gasteiger partial charge in [0, 0.05) is 13.2 Å². The lowest BCUT2D eigenvalue weighted by atomic mass is 10.3. The molecule has 2 rings (SSSR count). The van der Waals surface area contributed by atoms with E-state index in [1.54, 1.807) is 13.2 Å². The number of pyridine rings is 1. The van der Waals surface area contributed by atoms with Gasteiger partial charge >= 0.3 is 5.69 Å². The Morgan fingerprint density at radius 3 is 3.00 bits per heavy atom. The molecular formula is C10H11N5O2. The predicted octanol–water partition coefficient (Wildman–Crippen LogP) is 1.34. The molecule has 0 bridgehead atoms. The molecule has 0 saturated heterocycles. The maximum absolute atomic E-state index is 10.7. The highest BCUT2D eigenvalue weighted by Crippen LogP contribution is 2.21. The second-order valence-corrected chi connectivity index (χ2v) is 3.47. The van der Waals surface area contributed by atoms with Crippen molar-refractivity contribution in [1.29, 1.82) is 0 Å². The van der Waals surface area contributed by atoms with Crippen LogP contribution in [0.15, 0.2) is 30.6 Å². The van der Waals surface area contributed by atoms with Crippen LogP contribution in [0.4, 0.5) is 11.5 Å². The average Bonchev–Trinajstić information content (AvgIpc) is 2.69. The number of hydrogen-bond donors (Lipinski definition) is 1. The minimum absolute atomic E-state index is 0.0385. The maximum atomic E-state index is 10.7. The van der Waals surface area contributed by atoms with Gasteiger partial charge in [0.2, 0.25) is 5.82 Å². The molecule has 0 atom stereocenters. The number of aryl methyl sites for hydroxylation is 1. The first-order chi connectivity index (χ1) is 8.16. The van der Waals surface area contributed by atoms with Crippen LogP contribution < -0.4 is 5.32 Å². The number of rotatable bonds is 4. The lowest BCUT2D eigenvalue weighted by molar-refractivity contribution is -0.384. The van der Waals surface area contributed by atoms with Crippen LogP contribution in [0.5, 0.6) is 0 Å². The Hall–Kier alpha value is -2.44. The van der Waals surface area contributed by atoms with Crippen molar-refractivity contribution < 1.29 is 4.92 Å². The zero-order chi connectivity index (χ0) is 12.3. The summed E-state index contributed by atoms with van der Waals surface area (Å²) in [5.74, 6) is 0.253. The molecule has 0 amide bonds. The highest BCUT2D eigenvalue weighted by atomic mass is 16.6. The van der Waals surface area contributed by atoms with Gasteiger partial charge in [-0.2, -0.15) is 0 Å². The summed E-state index contributed by atoms with van der Waals surface area (Å²) < 4.78 is 1.40. The standard InChI is InChI=1S/C10H11N5O2/c1-14-7-9(15(16)17)10(13-14)12-6-8-4-2-3-5-11-8/h2-5,7H,6H2,1H3,(H,12,13). The fourth-order valence-corrected chi connectivity index (χ4v) is 1.41. The molecule has 2 aromatic heterocycles. The van der Waals surface area contributed by atoms with E-state index in [1.165, 1.54) is 10.9 Å². The van der Waals surface area contributed by atoms with Crippen molar-refractivity contribution in [2.24, 2.45) is 7.05 Å². The van der Waals surface area contributed by atoms with E-state index < -0.39 is 4.92 Å². The molecule has 2 aromatic rings. The van der Waals surface area contributed by atoms with Crippen molar-refractivity contribution in [3.05, 3.63) is 46.4 Å². The van der Waals surface area contributed by atoms with Crippen LogP contribution >= 0.6 is 0 Å². The summed E-state index contributed by atoms with van der Waals surface area (Å²) in [6.45, 7) is 0.401. The van der Waals surface area contributed by atoms with E-state index in [1.807, 2.05) is 18.2 Å². The van der Waals surface area contributed by atoms with Gasteiger partial charge in [0.1, 0.15) is 6.20 Å². The summed E-state index contributed by atoms with van der Waals surface area (Å²) in [5.41, 5.74) is 0.760. The molecule has 0 fully saturated rings. The fraction of sp³-hybridized carbons (Fsp3) is 0.200. The molecule has 7 nitrogen and oxygen atoms in total. The van der Waals surface area contributed by atoms with Crippen LogP contribution in [0.1, 0.15) is 5.69 Å². The third kappa shape index (κ3) is 2.57. The Kier molecular flexibility index (Phi) is 2.99. The molecule has 0 aliphatic rings. The molecule has 0 unspecified atom stereocenters. The van der Waals surface area contributed by atoms with E-state index in [-0.39, 0.29) is 11.5 Å². The molecule has 17 heavy (non-hydrogen) atoms. The van der Waals surface area contributed by atoms with Crippen LogP contribution in [-0.2, 0) is 13.6 Å². The van der Waals surface area contributed by atoms with Gasteiger partial charge in [-0.3, -0.25) is 19.8 Å². The van der Waals surface area contributed by atoms with E-state index in [2.05, 4.69) is 15.4 Å². The minimum Gasteiger partial charge on any atom is -0.357 e. The molecule has 0 saturated carbocycles. The highest BCUT2D eigenvalue weighted by Gasteiger charge is 2.17. The number of nitrogens with one attached hydrogen (secondary N) is 1. The number of nitrogens with zero attached hydrogens (tertiary/aromatic N) is 4. The first-order valence-electron chi connectivity index (χ1n) is 4.98. The number of nitro groups is 1. The first kappa shape index (κ1) is 11.1. The van der Waals surface area contributed by atoms with Crippen molar-refractivity contribution >= 4 is 11.5 Å². The van der Waals surface area contributed by atoms with Crippen molar-refractivity contribution in [2.75, 3.05) is 5.32 Å². The van der Waals surface area contributed by atoms with E-state index >= 15 is 0 Å². The third-order valence-corrected chi connectivity index (χ3v) is 2.17. The zero-order valence-electron chi connectivity index (χ0n) is 9.20. The van der Waals surface area contributed by atoms with Gasteiger partial charge in [-0.1, -0.05) is 6.07 Å². The third-order valence-electron chi connectivity index (χ3n) is 2.17. The SMILES string of the molecule is Cn1cc([N+](=O)[O-])c(NCc2ccccn2)n1. The lowest BCUT2D eigenvalue weighted by Gasteiger charge is -2.01. The maximum Gasteiger partial charge on any atom is 0.330 e. The summed E-state index contributed by atoms with van der Waals surface area (Å²) >= 11 is 0. The Morgan fingerprint density at radius 1 is 1.53 bits per heavy atom. The van der Waals surface area contributed by atoms with E-state index in [0.29, 0.717) is 6.54 Å². The van der Waals surface area contributed by atoms with Gasteiger partial charge in [-0.25, -0.2) is 0 Å². The van der Waals surface area contributed by atoms with E-state index in [9.17, 15) is 10.1 Å². The summed E-state index contributed by atoms with van der Waals surface area (Å²) in [6.07, 6.45) is 3.03. The first-order valence-corrected chi connectivity index (χ1v) is 4.98. The predicted molar refractivity (Wildman–Crippen MR) is 61.4 cm³/mol. The summed E-state index contributed by atoms with van der Waals surface area (Å²) in [6, 6.07) is 5.51. The normalized spacial score (nSPS) is 10.2. The van der Waals surface area contributed by atoms with Crippen molar-refractivity contribution in [3.63, 3.8) is 0 Å². The molecule has 0 spiro atoms. The topological polar surface area (TPSA) is 85.9 Å². The van der Waals surface area contributed by atoms with Crippen molar-refractivity contribution in [3.8, 4) is 0 Å². The Labute approximate surface area is 97.2 Å². The van der Waals surface area contributed by atoms with E-state index in [4.69, 9.17) is 0 Å². The van der Waals surface area contributed by atoms with Crippen LogP contribution in [0.25, 0.3) is 0 Å². The van der Waals surface area contributed by atoms with Gasteiger partial charge in [0.25, 0.3) is 0 Å². The van der Waals surface area contributed by atoms with Crippen molar-refractivity contribution in [2.45, 2.75) is 6.54 Å². The zero-order valence-corrected chi connectivity index (χ0v) is 9.20. The number of anilines is 1. The Balaban J connectivity index is 2.11. The smallest absolute Gasteiger partial charge is 0.330 e. The van der Waals surface area contributed by atoms with Gasteiger partial charge in [0.05, 0.1) is 17.2 Å². The van der Waals surface area contributed by atoms with Gasteiger partial charge < -0.3 is 5.32 Å². The summed E-state index contributed by atoms with van der Waals surface area (Å²) in [7, 11) is 1.64. The largest absolute Gasteiger partial charge is 0.357 e. The average molecular weight is 233 g/mol. The second kappa shape index (κ2) is 4.60. The van der Waals surface area contributed by atoms with Gasteiger partial charge in [-0.05, 0) is 12.1 Å². The Bertz CT molecular complexity index is 523. The van der Waals surface area contributed by atoms with Crippen LogP contribution in [0.3, 0.4) is 0 Å². The molecule has 2 heterocycles. The molecule has 88 valence electrons. The minimum atomic E-state index is -0.465. The molecule has 0 aromatic carbocycles. The van der Waals surface area contributed by atoms with Crippen LogP contribution in [0, 0.1) is 10.1 Å². The van der Waals surface area contributed by atoms with Gasteiger partial charge in [0.15, 0.2) is 0 Å². The summed E-state index contributed by atoms with van der Waals surface area (Å²) in [5, 5.41) is 17.6. The number of hydrogen-bond acceptors (Lipinski definition) is 5. The molecule has 0 aliphatic carbocycles.